The minimum Gasteiger partial charge on any atom is -0.301 e. The van der Waals surface area contributed by atoms with Crippen LogP contribution in [0.2, 0.25) is 0 Å². The molecular formula is C15H15FN4O2S. The molecule has 1 aromatic carbocycles. The summed E-state index contributed by atoms with van der Waals surface area (Å²) in [4.78, 5) is 0. The molecule has 0 aliphatic carbocycles. The molecule has 0 aliphatic heterocycles. The summed E-state index contributed by atoms with van der Waals surface area (Å²) in [6, 6.07) is 6.27. The van der Waals surface area contributed by atoms with Crippen LogP contribution in [0.25, 0.3) is 22.8 Å². The second-order valence-electron chi connectivity index (χ2n) is 5.23. The van der Waals surface area contributed by atoms with Crippen molar-refractivity contribution in [3.63, 3.8) is 0 Å². The highest BCUT2D eigenvalue weighted by atomic mass is 32.2. The van der Waals surface area contributed by atoms with E-state index >= 15 is 0 Å². The van der Waals surface area contributed by atoms with Gasteiger partial charge in [0.25, 0.3) is 0 Å². The number of nitrogens with two attached hydrogens (primary N) is 1. The summed E-state index contributed by atoms with van der Waals surface area (Å²) in [6.45, 7) is 1.78. The average molecular weight is 334 g/mol. The smallest absolute Gasteiger partial charge is 0.231 e. The number of hydrogen-bond donors (Lipinski definition) is 1. The van der Waals surface area contributed by atoms with E-state index in [9.17, 15) is 12.8 Å². The fraction of sp³-hybridized carbons (Fsp3) is 0.133. The lowest BCUT2D eigenvalue weighted by molar-refractivity contribution is 0.606. The molecule has 0 unspecified atom stereocenters. The Morgan fingerprint density at radius 1 is 1.30 bits per heavy atom. The monoisotopic (exact) mass is 334 g/mol. The topological polar surface area (TPSA) is 82.9 Å². The molecule has 0 spiro atoms. The van der Waals surface area contributed by atoms with Gasteiger partial charge in [0.2, 0.25) is 10.0 Å². The number of benzene rings is 1. The molecule has 120 valence electrons. The zero-order chi connectivity index (χ0) is 16.8. The lowest BCUT2D eigenvalue weighted by Gasteiger charge is -2.08. The van der Waals surface area contributed by atoms with Crippen LogP contribution >= 0.6 is 0 Å². The van der Waals surface area contributed by atoms with Crippen LogP contribution in [0, 0.1) is 12.7 Å². The third kappa shape index (κ3) is 2.90. The standard InChI is InChI=1S/C15H15FN4O2S/c1-10-13(6-8-23(17,21)22)15(19(2)18-10)20-7-5-11-9-12(16)3-4-14(11)20/h3-9H,1-2H3,(H2,17,21,22). The lowest BCUT2D eigenvalue weighted by atomic mass is 10.2. The first-order chi connectivity index (χ1) is 10.8. The summed E-state index contributed by atoms with van der Waals surface area (Å²) in [6.07, 6.45) is 3.21. The van der Waals surface area contributed by atoms with Crippen molar-refractivity contribution in [3.05, 3.63) is 52.9 Å². The Morgan fingerprint density at radius 2 is 2.04 bits per heavy atom. The fourth-order valence-corrected chi connectivity index (χ4v) is 2.93. The van der Waals surface area contributed by atoms with Crippen LogP contribution in [0.4, 0.5) is 4.39 Å². The molecule has 0 amide bonds. The Hall–Kier alpha value is -2.45. The molecule has 6 nitrogen and oxygen atoms in total. The van der Waals surface area contributed by atoms with Gasteiger partial charge in [-0.2, -0.15) is 5.10 Å². The van der Waals surface area contributed by atoms with Crippen molar-refractivity contribution in [3.8, 4) is 5.82 Å². The number of aromatic nitrogens is 3. The molecular weight excluding hydrogens is 319 g/mol. The van der Waals surface area contributed by atoms with Gasteiger partial charge in [-0.1, -0.05) is 0 Å². The van der Waals surface area contributed by atoms with E-state index in [4.69, 9.17) is 5.14 Å². The highest BCUT2D eigenvalue weighted by Crippen LogP contribution is 2.26. The number of rotatable bonds is 3. The Bertz CT molecular complexity index is 1030. The number of aryl methyl sites for hydroxylation is 2. The molecule has 0 atom stereocenters. The molecule has 2 N–H and O–H groups in total. The number of fused-ring (bicyclic) bond motifs is 1. The van der Waals surface area contributed by atoms with Crippen molar-refractivity contribution in [2.24, 2.45) is 12.2 Å². The molecule has 3 rings (SSSR count). The summed E-state index contributed by atoms with van der Waals surface area (Å²) in [7, 11) is -1.98. The fourth-order valence-electron chi connectivity index (χ4n) is 2.60. The Labute approximate surface area is 132 Å². The first-order valence-corrected chi connectivity index (χ1v) is 8.39. The summed E-state index contributed by atoms with van der Waals surface area (Å²) < 4.78 is 39.2. The normalized spacial score (nSPS) is 12.5. The van der Waals surface area contributed by atoms with Crippen molar-refractivity contribution in [1.29, 1.82) is 0 Å². The quantitative estimate of drug-likeness (QED) is 0.796. The molecule has 0 aliphatic rings. The van der Waals surface area contributed by atoms with Crippen LogP contribution in [0.1, 0.15) is 11.3 Å². The predicted octanol–water partition coefficient (Wildman–Crippen LogP) is 2.07. The van der Waals surface area contributed by atoms with E-state index in [1.807, 2.05) is 4.57 Å². The molecule has 0 radical (unpaired) electrons. The molecule has 0 saturated carbocycles. The van der Waals surface area contributed by atoms with Crippen LogP contribution in [-0.4, -0.2) is 22.8 Å². The van der Waals surface area contributed by atoms with E-state index in [-0.39, 0.29) is 5.82 Å². The molecule has 2 heterocycles. The Morgan fingerprint density at radius 3 is 2.74 bits per heavy atom. The van der Waals surface area contributed by atoms with Gasteiger partial charge >= 0.3 is 0 Å². The van der Waals surface area contributed by atoms with Crippen molar-refractivity contribution in [1.82, 2.24) is 14.3 Å². The van der Waals surface area contributed by atoms with Gasteiger partial charge in [-0.3, -0.25) is 4.68 Å². The van der Waals surface area contributed by atoms with Crippen molar-refractivity contribution in [2.45, 2.75) is 6.92 Å². The highest BCUT2D eigenvalue weighted by Gasteiger charge is 2.15. The molecule has 0 bridgehead atoms. The van der Waals surface area contributed by atoms with Gasteiger partial charge in [0, 0.05) is 29.6 Å². The second-order valence-corrected chi connectivity index (χ2v) is 6.68. The second kappa shape index (κ2) is 5.32. The third-order valence-corrected chi connectivity index (χ3v) is 4.06. The number of nitrogens with zero attached hydrogens (tertiary/aromatic N) is 3. The number of halogens is 1. The van der Waals surface area contributed by atoms with Crippen molar-refractivity contribution in [2.75, 3.05) is 0 Å². The molecule has 2 aromatic heterocycles. The van der Waals surface area contributed by atoms with Crippen molar-refractivity contribution < 1.29 is 12.8 Å². The van der Waals surface area contributed by atoms with Gasteiger partial charge < -0.3 is 4.57 Å². The number of sulfonamides is 1. The van der Waals surface area contributed by atoms with Gasteiger partial charge in [-0.25, -0.2) is 17.9 Å². The third-order valence-electron chi connectivity index (χ3n) is 3.54. The highest BCUT2D eigenvalue weighted by molar-refractivity contribution is 7.92. The van der Waals surface area contributed by atoms with E-state index < -0.39 is 10.0 Å². The molecule has 0 fully saturated rings. The summed E-state index contributed by atoms with van der Waals surface area (Å²) in [5.41, 5.74) is 2.08. The van der Waals surface area contributed by atoms with Gasteiger partial charge in [-0.05, 0) is 37.3 Å². The summed E-state index contributed by atoms with van der Waals surface area (Å²) in [5, 5.41) is 11.0. The van der Waals surface area contributed by atoms with E-state index in [0.717, 1.165) is 16.3 Å². The van der Waals surface area contributed by atoms with Gasteiger partial charge in [0.05, 0.1) is 11.2 Å². The zero-order valence-corrected chi connectivity index (χ0v) is 13.4. The van der Waals surface area contributed by atoms with E-state index in [1.165, 1.54) is 18.2 Å². The maximum atomic E-state index is 13.3. The van der Waals surface area contributed by atoms with Crippen molar-refractivity contribution >= 4 is 27.0 Å². The summed E-state index contributed by atoms with van der Waals surface area (Å²) >= 11 is 0. The Balaban J connectivity index is 2.25. The Kier molecular flexibility index (Phi) is 3.57. The predicted molar refractivity (Wildman–Crippen MR) is 86.9 cm³/mol. The maximum absolute atomic E-state index is 13.3. The van der Waals surface area contributed by atoms with Crippen LogP contribution < -0.4 is 5.14 Å². The van der Waals surface area contributed by atoms with Crippen LogP contribution in [0.5, 0.6) is 0 Å². The van der Waals surface area contributed by atoms with E-state index in [2.05, 4.69) is 5.10 Å². The average Bonchev–Trinajstić information content (AvgIpc) is 2.95. The zero-order valence-electron chi connectivity index (χ0n) is 12.6. The van der Waals surface area contributed by atoms with Gasteiger partial charge in [0.15, 0.2) is 0 Å². The van der Waals surface area contributed by atoms with E-state index in [0.29, 0.717) is 17.1 Å². The maximum Gasteiger partial charge on any atom is 0.231 e. The molecule has 3 aromatic rings. The summed E-state index contributed by atoms with van der Waals surface area (Å²) in [5.74, 6) is 0.356. The van der Waals surface area contributed by atoms with Gasteiger partial charge in [0.1, 0.15) is 11.6 Å². The minimum absolute atomic E-state index is 0.314. The number of hydrogen-bond acceptors (Lipinski definition) is 3. The lowest BCUT2D eigenvalue weighted by Crippen LogP contribution is -2.07. The van der Waals surface area contributed by atoms with E-state index in [1.54, 1.807) is 37.0 Å². The molecule has 0 saturated heterocycles. The van der Waals surface area contributed by atoms with Crippen LogP contribution in [-0.2, 0) is 17.1 Å². The van der Waals surface area contributed by atoms with Gasteiger partial charge in [-0.15, -0.1) is 0 Å². The first-order valence-electron chi connectivity index (χ1n) is 6.78. The first kappa shape index (κ1) is 15.4. The minimum atomic E-state index is -3.74. The largest absolute Gasteiger partial charge is 0.301 e. The van der Waals surface area contributed by atoms with Crippen LogP contribution in [0.3, 0.4) is 0 Å². The SMILES string of the molecule is Cc1nn(C)c(-n2ccc3cc(F)ccc32)c1C=CS(N)(=O)=O. The molecule has 8 heteroatoms. The number of primary sulfonamides is 1. The molecule has 23 heavy (non-hydrogen) atoms. The van der Waals surface area contributed by atoms with Crippen LogP contribution in [0.15, 0.2) is 35.9 Å².